The van der Waals surface area contributed by atoms with E-state index in [-0.39, 0.29) is 5.91 Å². The Labute approximate surface area is 115 Å². The summed E-state index contributed by atoms with van der Waals surface area (Å²) in [6.45, 7) is 3.58. The van der Waals surface area contributed by atoms with E-state index in [1.165, 1.54) is 12.8 Å². The second kappa shape index (κ2) is 5.05. The molecule has 0 atom stereocenters. The predicted octanol–water partition coefficient (Wildman–Crippen LogP) is 2.02. The molecular weight excluding hydrogens is 294 g/mol. The summed E-state index contributed by atoms with van der Waals surface area (Å²) in [5.74, 6) is 0.177. The van der Waals surface area contributed by atoms with E-state index < -0.39 is 0 Å². The maximum absolute atomic E-state index is 12.6. The van der Waals surface area contributed by atoms with Gasteiger partial charge < -0.3 is 14.8 Å². The minimum absolute atomic E-state index is 0.177. The molecule has 4 nitrogen and oxygen atoms in total. The number of nitrogens with one attached hydrogen (secondary N) is 1. The molecule has 1 aromatic heterocycles. The van der Waals surface area contributed by atoms with Crippen LogP contribution in [-0.4, -0.2) is 41.6 Å². The number of hydrogen-bond acceptors (Lipinski definition) is 2. The molecule has 0 radical (unpaired) electrons. The number of rotatable bonds is 2. The van der Waals surface area contributed by atoms with Crippen molar-refractivity contribution in [3.8, 4) is 0 Å². The minimum Gasteiger partial charge on any atom is -0.339 e. The highest BCUT2D eigenvalue weighted by Gasteiger charge is 2.29. The van der Waals surface area contributed by atoms with Gasteiger partial charge in [-0.3, -0.25) is 4.79 Å². The number of nitrogens with zero attached hydrogens (tertiary/aromatic N) is 2. The topological polar surface area (TPSA) is 37.3 Å². The van der Waals surface area contributed by atoms with Crippen molar-refractivity contribution in [1.82, 2.24) is 14.8 Å². The number of halogens is 1. The zero-order chi connectivity index (χ0) is 12.5. The summed E-state index contributed by atoms with van der Waals surface area (Å²) in [4.78, 5) is 14.5. The van der Waals surface area contributed by atoms with E-state index in [9.17, 15) is 4.79 Å². The standard InChI is InChI=1S/C13H18BrN3O/c14-10-8-12(17(9-10)11-2-3-11)13(18)16-6-1-4-15-5-7-16/h8-9,11,15H,1-7H2. The molecule has 1 amide bonds. The second-order valence-electron chi connectivity index (χ2n) is 5.08. The number of carbonyl (C=O) groups is 1. The predicted molar refractivity (Wildman–Crippen MR) is 73.8 cm³/mol. The van der Waals surface area contributed by atoms with Crippen LogP contribution in [0.1, 0.15) is 35.8 Å². The molecule has 0 unspecified atom stereocenters. The van der Waals surface area contributed by atoms with Crippen molar-refractivity contribution >= 4 is 21.8 Å². The van der Waals surface area contributed by atoms with Crippen LogP contribution >= 0.6 is 15.9 Å². The molecule has 2 heterocycles. The van der Waals surface area contributed by atoms with Crippen molar-refractivity contribution in [1.29, 1.82) is 0 Å². The average molecular weight is 312 g/mol. The van der Waals surface area contributed by atoms with E-state index in [0.717, 1.165) is 42.8 Å². The molecule has 1 N–H and O–H groups in total. The number of amides is 1. The van der Waals surface area contributed by atoms with Gasteiger partial charge in [-0.15, -0.1) is 0 Å². The highest BCUT2D eigenvalue weighted by Crippen LogP contribution is 2.37. The Morgan fingerprint density at radius 1 is 1.33 bits per heavy atom. The van der Waals surface area contributed by atoms with Gasteiger partial charge in [0.1, 0.15) is 5.69 Å². The molecule has 1 aliphatic carbocycles. The molecule has 0 bridgehead atoms. The fourth-order valence-corrected chi connectivity index (χ4v) is 2.92. The average Bonchev–Trinajstić information content (AvgIpc) is 3.16. The third-order valence-electron chi connectivity index (χ3n) is 3.60. The van der Waals surface area contributed by atoms with Crippen LogP contribution < -0.4 is 5.32 Å². The Kier molecular flexibility index (Phi) is 3.43. The van der Waals surface area contributed by atoms with Gasteiger partial charge in [-0.2, -0.15) is 0 Å². The van der Waals surface area contributed by atoms with E-state index in [4.69, 9.17) is 0 Å². The van der Waals surface area contributed by atoms with Crippen LogP contribution in [0.25, 0.3) is 0 Å². The molecule has 0 aromatic carbocycles. The smallest absolute Gasteiger partial charge is 0.270 e. The summed E-state index contributed by atoms with van der Waals surface area (Å²) in [6.07, 6.45) is 5.48. The van der Waals surface area contributed by atoms with Crippen molar-refractivity contribution in [3.05, 3.63) is 22.4 Å². The molecule has 1 saturated carbocycles. The first-order chi connectivity index (χ1) is 8.75. The van der Waals surface area contributed by atoms with E-state index in [1.54, 1.807) is 0 Å². The Balaban J connectivity index is 1.82. The summed E-state index contributed by atoms with van der Waals surface area (Å²) in [6, 6.07) is 2.50. The summed E-state index contributed by atoms with van der Waals surface area (Å²) in [7, 11) is 0. The summed E-state index contributed by atoms with van der Waals surface area (Å²) < 4.78 is 3.15. The molecule has 1 saturated heterocycles. The number of carbonyl (C=O) groups excluding carboxylic acids is 1. The van der Waals surface area contributed by atoms with Crippen molar-refractivity contribution in [2.24, 2.45) is 0 Å². The molecule has 2 fully saturated rings. The lowest BCUT2D eigenvalue weighted by Gasteiger charge is -2.20. The molecular formula is C13H18BrN3O. The fraction of sp³-hybridized carbons (Fsp3) is 0.615. The molecule has 3 rings (SSSR count). The van der Waals surface area contributed by atoms with Crippen LogP contribution in [-0.2, 0) is 0 Å². The zero-order valence-corrected chi connectivity index (χ0v) is 11.9. The van der Waals surface area contributed by atoms with Crippen LogP contribution in [0.2, 0.25) is 0 Å². The summed E-state index contributed by atoms with van der Waals surface area (Å²) in [5.41, 5.74) is 0.839. The molecule has 18 heavy (non-hydrogen) atoms. The monoisotopic (exact) mass is 311 g/mol. The molecule has 98 valence electrons. The Bertz CT molecular complexity index is 445. The fourth-order valence-electron chi connectivity index (χ4n) is 2.48. The first-order valence-corrected chi connectivity index (χ1v) is 7.42. The lowest BCUT2D eigenvalue weighted by Crippen LogP contribution is -2.35. The quantitative estimate of drug-likeness (QED) is 0.907. The van der Waals surface area contributed by atoms with Crippen molar-refractivity contribution in [2.75, 3.05) is 26.2 Å². The van der Waals surface area contributed by atoms with Gasteiger partial charge in [0.05, 0.1) is 0 Å². The van der Waals surface area contributed by atoms with E-state index in [0.29, 0.717) is 6.04 Å². The number of hydrogen-bond donors (Lipinski definition) is 1. The number of aromatic nitrogens is 1. The van der Waals surface area contributed by atoms with Crippen LogP contribution in [0.15, 0.2) is 16.7 Å². The van der Waals surface area contributed by atoms with Crippen LogP contribution in [0, 0.1) is 0 Å². The molecule has 5 heteroatoms. The highest BCUT2D eigenvalue weighted by molar-refractivity contribution is 9.10. The van der Waals surface area contributed by atoms with E-state index in [1.807, 2.05) is 17.2 Å². The summed E-state index contributed by atoms with van der Waals surface area (Å²) >= 11 is 3.48. The largest absolute Gasteiger partial charge is 0.339 e. The second-order valence-corrected chi connectivity index (χ2v) is 5.99. The van der Waals surface area contributed by atoms with Crippen molar-refractivity contribution in [3.63, 3.8) is 0 Å². The van der Waals surface area contributed by atoms with Crippen molar-refractivity contribution < 1.29 is 4.79 Å². The minimum atomic E-state index is 0.177. The zero-order valence-electron chi connectivity index (χ0n) is 10.4. The Morgan fingerprint density at radius 2 is 2.17 bits per heavy atom. The van der Waals surface area contributed by atoms with Gasteiger partial charge in [0, 0.05) is 36.3 Å². The van der Waals surface area contributed by atoms with Crippen LogP contribution in [0.4, 0.5) is 0 Å². The third kappa shape index (κ3) is 2.47. The molecule has 1 aliphatic heterocycles. The highest BCUT2D eigenvalue weighted by atomic mass is 79.9. The Hall–Kier alpha value is -0.810. The van der Waals surface area contributed by atoms with Gasteiger partial charge in [-0.05, 0) is 47.8 Å². The lowest BCUT2D eigenvalue weighted by molar-refractivity contribution is 0.0755. The van der Waals surface area contributed by atoms with Gasteiger partial charge in [0.2, 0.25) is 0 Å². The normalized spacial score (nSPS) is 20.8. The maximum Gasteiger partial charge on any atom is 0.270 e. The van der Waals surface area contributed by atoms with Crippen molar-refractivity contribution in [2.45, 2.75) is 25.3 Å². The van der Waals surface area contributed by atoms with Crippen LogP contribution in [0.5, 0.6) is 0 Å². The van der Waals surface area contributed by atoms with E-state index in [2.05, 4.69) is 25.8 Å². The first-order valence-electron chi connectivity index (χ1n) is 6.63. The molecule has 0 spiro atoms. The van der Waals surface area contributed by atoms with Gasteiger partial charge in [-0.1, -0.05) is 0 Å². The third-order valence-corrected chi connectivity index (χ3v) is 4.04. The Morgan fingerprint density at radius 3 is 2.94 bits per heavy atom. The lowest BCUT2D eigenvalue weighted by atomic mass is 10.3. The van der Waals surface area contributed by atoms with Gasteiger partial charge in [0.25, 0.3) is 5.91 Å². The van der Waals surface area contributed by atoms with Gasteiger partial charge in [-0.25, -0.2) is 0 Å². The molecule has 1 aromatic rings. The first kappa shape index (κ1) is 12.2. The van der Waals surface area contributed by atoms with Gasteiger partial charge >= 0.3 is 0 Å². The summed E-state index contributed by atoms with van der Waals surface area (Å²) in [5, 5.41) is 3.33. The SMILES string of the molecule is O=C(c1cc(Br)cn1C1CC1)N1CCCNCC1. The van der Waals surface area contributed by atoms with E-state index >= 15 is 0 Å². The van der Waals surface area contributed by atoms with Crippen LogP contribution in [0.3, 0.4) is 0 Å². The maximum atomic E-state index is 12.6. The molecule has 2 aliphatic rings. The van der Waals surface area contributed by atoms with Gasteiger partial charge in [0.15, 0.2) is 0 Å².